The third kappa shape index (κ3) is 7.08. The van der Waals surface area contributed by atoms with Crippen molar-refractivity contribution in [1.29, 1.82) is 0 Å². The first-order valence-electron chi connectivity index (χ1n) is 10.4. The summed E-state index contributed by atoms with van der Waals surface area (Å²) in [6.07, 6.45) is 2.81. The Morgan fingerprint density at radius 1 is 1.00 bits per heavy atom. The summed E-state index contributed by atoms with van der Waals surface area (Å²) in [4.78, 5) is 38.1. The van der Waals surface area contributed by atoms with E-state index < -0.39 is 16.7 Å². The highest BCUT2D eigenvalue weighted by Gasteiger charge is 2.15. The molecule has 2 N–H and O–H groups in total. The number of anilines is 1. The highest BCUT2D eigenvalue weighted by Crippen LogP contribution is 2.25. The van der Waals surface area contributed by atoms with E-state index >= 15 is 0 Å². The first-order chi connectivity index (χ1) is 16.7. The summed E-state index contributed by atoms with van der Waals surface area (Å²) in [5, 5.41) is 17.6. The molecule has 0 aliphatic carbocycles. The summed E-state index contributed by atoms with van der Waals surface area (Å²) in [5.41, 5.74) is 4.69. The Balaban J connectivity index is 1.82. The van der Waals surface area contributed by atoms with Gasteiger partial charge in [-0.3, -0.25) is 19.7 Å². The summed E-state index contributed by atoms with van der Waals surface area (Å²) in [7, 11) is 3.84. The molecule has 0 fully saturated rings. The topological polar surface area (TPSA) is 117 Å². The second kappa shape index (κ2) is 11.7. The van der Waals surface area contributed by atoms with Gasteiger partial charge in [0.05, 0.1) is 15.6 Å². The van der Waals surface area contributed by atoms with Crippen LogP contribution in [0.2, 0.25) is 0 Å². The molecule has 3 rings (SSSR count). The van der Waals surface area contributed by atoms with E-state index in [9.17, 15) is 19.7 Å². The number of hydrogen-bond donors (Lipinski definition) is 2. The van der Waals surface area contributed by atoms with E-state index in [0.717, 1.165) is 5.69 Å². The second-order valence-corrected chi connectivity index (χ2v) is 8.39. The molecule has 0 radical (unpaired) electrons. The molecule has 3 aromatic carbocycles. The average molecular weight is 536 g/mol. The van der Waals surface area contributed by atoms with Crippen LogP contribution in [0.25, 0.3) is 6.08 Å². The van der Waals surface area contributed by atoms with Crippen LogP contribution in [-0.4, -0.2) is 37.0 Å². The number of carbonyl (C=O) groups excluding carboxylic acids is 2. The van der Waals surface area contributed by atoms with Crippen molar-refractivity contribution in [3.05, 3.63) is 110 Å². The maximum atomic E-state index is 12.9. The van der Waals surface area contributed by atoms with Gasteiger partial charge in [-0.2, -0.15) is 5.10 Å². The molecule has 0 atom stereocenters. The smallest absolute Gasteiger partial charge is 0.287 e. The third-order valence-corrected chi connectivity index (χ3v) is 5.47. The Morgan fingerprint density at radius 2 is 1.66 bits per heavy atom. The van der Waals surface area contributed by atoms with Gasteiger partial charge in [0.15, 0.2) is 0 Å². The van der Waals surface area contributed by atoms with E-state index in [2.05, 4.69) is 31.8 Å². The van der Waals surface area contributed by atoms with E-state index in [1.807, 2.05) is 43.3 Å². The predicted molar refractivity (Wildman–Crippen MR) is 139 cm³/mol. The Labute approximate surface area is 210 Å². The third-order valence-electron chi connectivity index (χ3n) is 4.80. The Morgan fingerprint density at radius 3 is 2.29 bits per heavy atom. The number of amides is 2. The van der Waals surface area contributed by atoms with Gasteiger partial charge in [-0.05, 0) is 57.9 Å². The molecule has 0 aliphatic rings. The lowest BCUT2D eigenvalue weighted by Crippen LogP contribution is -2.32. The zero-order valence-corrected chi connectivity index (χ0v) is 20.5. The van der Waals surface area contributed by atoms with Gasteiger partial charge in [-0.15, -0.1) is 0 Å². The Hall–Kier alpha value is -4.31. The van der Waals surface area contributed by atoms with Crippen molar-refractivity contribution < 1.29 is 14.5 Å². The van der Waals surface area contributed by atoms with E-state index in [0.29, 0.717) is 21.2 Å². The zero-order chi connectivity index (χ0) is 25.4. The number of nitrogens with zero attached hydrogens (tertiary/aromatic N) is 3. The molecule has 10 heteroatoms. The van der Waals surface area contributed by atoms with Crippen LogP contribution < -0.4 is 15.6 Å². The molecule has 0 saturated carbocycles. The van der Waals surface area contributed by atoms with Crippen molar-refractivity contribution in [3.8, 4) is 0 Å². The highest BCUT2D eigenvalue weighted by molar-refractivity contribution is 9.10. The molecule has 0 aliphatic heterocycles. The van der Waals surface area contributed by atoms with Gasteiger partial charge in [0.1, 0.15) is 5.70 Å². The van der Waals surface area contributed by atoms with Gasteiger partial charge in [0.2, 0.25) is 0 Å². The van der Waals surface area contributed by atoms with Crippen molar-refractivity contribution in [3.63, 3.8) is 0 Å². The summed E-state index contributed by atoms with van der Waals surface area (Å²) in [5.74, 6) is -1.11. The van der Waals surface area contributed by atoms with Crippen molar-refractivity contribution in [2.75, 3.05) is 19.0 Å². The summed E-state index contributed by atoms with van der Waals surface area (Å²) in [6, 6.07) is 20.4. The molecular weight excluding hydrogens is 514 g/mol. The first kappa shape index (κ1) is 25.3. The lowest BCUT2D eigenvalue weighted by molar-refractivity contribution is -0.385. The predicted octanol–water partition coefficient (Wildman–Crippen LogP) is 4.34. The number of nitro groups is 1. The molecular formula is C25H22BrN5O4. The molecule has 35 heavy (non-hydrogen) atoms. The van der Waals surface area contributed by atoms with Crippen LogP contribution in [-0.2, 0) is 4.79 Å². The number of halogens is 1. The summed E-state index contributed by atoms with van der Waals surface area (Å²) in [6.45, 7) is 0. The fourth-order valence-electron chi connectivity index (χ4n) is 2.95. The fourth-order valence-corrected chi connectivity index (χ4v) is 3.34. The molecule has 0 saturated heterocycles. The van der Waals surface area contributed by atoms with Crippen molar-refractivity contribution in [2.24, 2.45) is 5.10 Å². The normalized spacial score (nSPS) is 11.2. The molecule has 178 valence electrons. The standard InChI is InChI=1S/C25H22BrN5O4/c1-30(2)20-11-8-17(9-12-20)14-22(28-24(32)19-6-4-3-5-7-19)25(33)29-27-16-18-10-13-21(26)23(15-18)31(34)35/h3-16H,1-2H3,(H,28,32)(H,29,33)/b22-14-,27-16-. The largest absolute Gasteiger partial charge is 0.378 e. The maximum absolute atomic E-state index is 12.9. The molecule has 3 aromatic rings. The van der Waals surface area contributed by atoms with Gasteiger partial charge in [-0.1, -0.05) is 36.4 Å². The zero-order valence-electron chi connectivity index (χ0n) is 18.9. The van der Waals surface area contributed by atoms with Crippen LogP contribution in [0.5, 0.6) is 0 Å². The molecule has 9 nitrogen and oxygen atoms in total. The Bertz CT molecular complexity index is 1290. The van der Waals surface area contributed by atoms with Gasteiger partial charge in [0, 0.05) is 37.0 Å². The summed E-state index contributed by atoms with van der Waals surface area (Å²) >= 11 is 3.12. The molecule has 2 amide bonds. The van der Waals surface area contributed by atoms with Crippen LogP contribution >= 0.6 is 15.9 Å². The SMILES string of the molecule is CN(C)c1ccc(/C=C(\NC(=O)c2ccccc2)C(=O)N/N=C\c2ccc(Br)c([N+](=O)[O-])c2)cc1. The monoisotopic (exact) mass is 535 g/mol. The van der Waals surface area contributed by atoms with Crippen LogP contribution in [0.15, 0.2) is 88.1 Å². The molecule has 0 aromatic heterocycles. The number of hydrazone groups is 1. The number of nitrogens with one attached hydrogen (secondary N) is 2. The number of hydrogen-bond acceptors (Lipinski definition) is 6. The minimum Gasteiger partial charge on any atom is -0.378 e. The van der Waals surface area contributed by atoms with Crippen LogP contribution in [0, 0.1) is 10.1 Å². The quantitative estimate of drug-likeness (QED) is 0.192. The van der Waals surface area contributed by atoms with E-state index in [4.69, 9.17) is 0 Å². The highest BCUT2D eigenvalue weighted by atomic mass is 79.9. The minimum absolute atomic E-state index is 0.0182. The van der Waals surface area contributed by atoms with Crippen LogP contribution in [0.4, 0.5) is 11.4 Å². The van der Waals surface area contributed by atoms with Crippen LogP contribution in [0.3, 0.4) is 0 Å². The van der Waals surface area contributed by atoms with E-state index in [1.54, 1.807) is 36.4 Å². The molecule has 0 spiro atoms. The molecule has 0 heterocycles. The molecule has 0 unspecified atom stereocenters. The van der Waals surface area contributed by atoms with Crippen molar-refractivity contribution >= 4 is 51.4 Å². The minimum atomic E-state index is -0.658. The van der Waals surface area contributed by atoms with E-state index in [-0.39, 0.29) is 11.4 Å². The summed E-state index contributed by atoms with van der Waals surface area (Å²) < 4.78 is 0.331. The first-order valence-corrected chi connectivity index (χ1v) is 11.2. The number of carbonyl (C=O) groups is 2. The van der Waals surface area contributed by atoms with Gasteiger partial charge >= 0.3 is 0 Å². The number of benzene rings is 3. The van der Waals surface area contributed by atoms with Gasteiger partial charge in [-0.25, -0.2) is 5.43 Å². The number of nitro benzene ring substituents is 1. The van der Waals surface area contributed by atoms with Crippen molar-refractivity contribution in [1.82, 2.24) is 10.7 Å². The molecule has 0 bridgehead atoms. The van der Waals surface area contributed by atoms with Crippen LogP contribution in [0.1, 0.15) is 21.5 Å². The van der Waals surface area contributed by atoms with Gasteiger partial charge in [0.25, 0.3) is 17.5 Å². The maximum Gasteiger partial charge on any atom is 0.287 e. The van der Waals surface area contributed by atoms with Crippen molar-refractivity contribution in [2.45, 2.75) is 0 Å². The average Bonchev–Trinajstić information content (AvgIpc) is 2.85. The number of rotatable bonds is 8. The van der Waals surface area contributed by atoms with Gasteiger partial charge < -0.3 is 10.2 Å². The Kier molecular flexibility index (Phi) is 8.47. The fraction of sp³-hybridized carbons (Fsp3) is 0.0800. The van der Waals surface area contributed by atoms with E-state index in [1.165, 1.54) is 24.4 Å². The lowest BCUT2D eigenvalue weighted by atomic mass is 10.1. The lowest BCUT2D eigenvalue weighted by Gasteiger charge is -2.12. The second-order valence-electron chi connectivity index (χ2n) is 7.53.